The summed E-state index contributed by atoms with van der Waals surface area (Å²) in [6.07, 6.45) is 0. The molecule has 1 aliphatic rings. The molecule has 3 heterocycles. The first kappa shape index (κ1) is 20.6. The second-order valence-corrected chi connectivity index (χ2v) is 9.07. The summed E-state index contributed by atoms with van der Waals surface area (Å²) in [5.74, 6) is 2.46. The smallest absolute Gasteiger partial charge is 0.231 e. The zero-order valence-electron chi connectivity index (χ0n) is 17.1. The molecule has 9 heteroatoms. The van der Waals surface area contributed by atoms with E-state index in [0.717, 1.165) is 33.3 Å². The molecule has 0 unspecified atom stereocenters. The largest absolute Gasteiger partial charge is 0.454 e. The normalized spacial score (nSPS) is 12.1. The standard InChI is InChI=1S/C23H20N4O3S2/c28-21(24-12-18-7-4-10-31-18)14-32-23-26-25-22(17-5-2-1-3-6-17)27(23)13-16-8-9-19-20(11-16)30-15-29-19/h1-11H,12-15H2,(H,24,28). The van der Waals surface area contributed by atoms with Crippen LogP contribution in [0.25, 0.3) is 11.4 Å². The van der Waals surface area contributed by atoms with Gasteiger partial charge in [0.1, 0.15) is 0 Å². The second kappa shape index (κ2) is 9.46. The van der Waals surface area contributed by atoms with Gasteiger partial charge in [-0.2, -0.15) is 0 Å². The lowest BCUT2D eigenvalue weighted by atomic mass is 10.2. The van der Waals surface area contributed by atoms with E-state index in [4.69, 9.17) is 9.47 Å². The number of nitrogens with one attached hydrogen (secondary N) is 1. The number of aromatic nitrogens is 3. The Balaban J connectivity index is 1.35. The fourth-order valence-corrected chi connectivity index (χ4v) is 4.75. The molecule has 2 aromatic carbocycles. The van der Waals surface area contributed by atoms with E-state index in [1.165, 1.54) is 11.8 Å². The van der Waals surface area contributed by atoms with Crippen LogP contribution in [0.15, 0.2) is 71.2 Å². The molecule has 0 spiro atoms. The monoisotopic (exact) mass is 464 g/mol. The van der Waals surface area contributed by atoms with Crippen LogP contribution < -0.4 is 14.8 Å². The van der Waals surface area contributed by atoms with Crippen molar-refractivity contribution < 1.29 is 14.3 Å². The summed E-state index contributed by atoms with van der Waals surface area (Å²) in [6.45, 7) is 1.32. The molecule has 1 amide bonds. The third kappa shape index (κ3) is 4.63. The lowest BCUT2D eigenvalue weighted by Crippen LogP contribution is -2.24. The molecular formula is C23H20N4O3S2. The predicted molar refractivity (Wildman–Crippen MR) is 124 cm³/mol. The highest BCUT2D eigenvalue weighted by atomic mass is 32.2. The van der Waals surface area contributed by atoms with Gasteiger partial charge < -0.3 is 14.8 Å². The van der Waals surface area contributed by atoms with Crippen LogP contribution in [0.2, 0.25) is 0 Å². The zero-order chi connectivity index (χ0) is 21.8. The number of hydrogen-bond donors (Lipinski definition) is 1. The summed E-state index contributed by atoms with van der Waals surface area (Å²) in [7, 11) is 0. The van der Waals surface area contributed by atoms with E-state index in [1.807, 2.05) is 70.6 Å². The number of amides is 1. The summed E-state index contributed by atoms with van der Waals surface area (Å²) in [6, 6.07) is 19.8. The first-order valence-corrected chi connectivity index (χ1v) is 11.9. The SMILES string of the molecule is O=C(CSc1nnc(-c2ccccc2)n1Cc1ccc2c(c1)OCO2)NCc1cccs1. The second-order valence-electron chi connectivity index (χ2n) is 7.09. The number of nitrogens with zero attached hydrogens (tertiary/aromatic N) is 3. The molecule has 0 saturated carbocycles. The molecule has 7 nitrogen and oxygen atoms in total. The Morgan fingerprint density at radius 3 is 2.78 bits per heavy atom. The maximum Gasteiger partial charge on any atom is 0.231 e. The Morgan fingerprint density at radius 2 is 1.94 bits per heavy atom. The van der Waals surface area contributed by atoms with Gasteiger partial charge in [0.2, 0.25) is 12.7 Å². The van der Waals surface area contributed by atoms with Crippen molar-refractivity contribution in [2.24, 2.45) is 0 Å². The van der Waals surface area contributed by atoms with E-state index in [2.05, 4.69) is 15.5 Å². The lowest BCUT2D eigenvalue weighted by Gasteiger charge is -2.11. The number of thioether (sulfide) groups is 1. The lowest BCUT2D eigenvalue weighted by molar-refractivity contribution is -0.118. The maximum absolute atomic E-state index is 12.4. The van der Waals surface area contributed by atoms with Gasteiger partial charge in [-0.3, -0.25) is 9.36 Å². The number of benzene rings is 2. The first-order valence-electron chi connectivity index (χ1n) is 10.1. The van der Waals surface area contributed by atoms with Crippen LogP contribution in [0, 0.1) is 0 Å². The van der Waals surface area contributed by atoms with Crippen LogP contribution >= 0.6 is 23.1 Å². The van der Waals surface area contributed by atoms with Crippen molar-refractivity contribution >= 4 is 29.0 Å². The molecule has 0 radical (unpaired) electrons. The Hall–Kier alpha value is -3.30. The molecule has 2 aromatic heterocycles. The molecule has 1 aliphatic heterocycles. The van der Waals surface area contributed by atoms with Gasteiger partial charge in [0.05, 0.1) is 18.8 Å². The number of fused-ring (bicyclic) bond motifs is 1. The Kier molecular flexibility index (Phi) is 6.09. The highest BCUT2D eigenvalue weighted by molar-refractivity contribution is 7.99. The van der Waals surface area contributed by atoms with Gasteiger partial charge in [0.25, 0.3) is 0 Å². The van der Waals surface area contributed by atoms with Crippen LogP contribution in [0.5, 0.6) is 11.5 Å². The maximum atomic E-state index is 12.4. The molecule has 4 aromatic rings. The minimum absolute atomic E-state index is 0.0395. The fourth-order valence-electron chi connectivity index (χ4n) is 3.34. The van der Waals surface area contributed by atoms with Gasteiger partial charge in [0.15, 0.2) is 22.5 Å². The molecular weight excluding hydrogens is 444 g/mol. The fraction of sp³-hybridized carbons (Fsp3) is 0.174. The van der Waals surface area contributed by atoms with Gasteiger partial charge >= 0.3 is 0 Å². The van der Waals surface area contributed by atoms with Crippen molar-refractivity contribution in [3.63, 3.8) is 0 Å². The number of hydrogen-bond acceptors (Lipinski definition) is 7. The number of carbonyl (C=O) groups excluding carboxylic acids is 1. The van der Waals surface area contributed by atoms with Crippen LogP contribution in [0.4, 0.5) is 0 Å². The summed E-state index contributed by atoms with van der Waals surface area (Å²) < 4.78 is 13.0. The van der Waals surface area contributed by atoms with Crippen LogP contribution in [-0.4, -0.2) is 33.2 Å². The molecule has 1 N–H and O–H groups in total. The summed E-state index contributed by atoms with van der Waals surface area (Å²) in [5, 5.41) is 14.5. The minimum atomic E-state index is -0.0395. The highest BCUT2D eigenvalue weighted by Gasteiger charge is 2.18. The van der Waals surface area contributed by atoms with E-state index in [-0.39, 0.29) is 18.5 Å². The van der Waals surface area contributed by atoms with Crippen molar-refractivity contribution in [3.05, 3.63) is 76.5 Å². The first-order chi connectivity index (χ1) is 15.8. The van der Waals surface area contributed by atoms with E-state index in [9.17, 15) is 4.79 Å². The van der Waals surface area contributed by atoms with E-state index >= 15 is 0 Å². The quantitative estimate of drug-likeness (QED) is 0.394. The third-order valence-electron chi connectivity index (χ3n) is 4.90. The van der Waals surface area contributed by atoms with Gasteiger partial charge in [-0.15, -0.1) is 21.5 Å². The molecule has 0 fully saturated rings. The Labute approximate surface area is 193 Å². The molecule has 162 valence electrons. The van der Waals surface area contributed by atoms with E-state index < -0.39 is 0 Å². The Morgan fingerprint density at radius 1 is 1.06 bits per heavy atom. The van der Waals surface area contributed by atoms with Gasteiger partial charge in [-0.1, -0.05) is 54.2 Å². The average Bonchev–Trinajstić information content (AvgIpc) is 3.58. The van der Waals surface area contributed by atoms with Crippen molar-refractivity contribution in [1.82, 2.24) is 20.1 Å². The summed E-state index contributed by atoms with van der Waals surface area (Å²) in [4.78, 5) is 13.5. The molecule has 0 aliphatic carbocycles. The Bertz CT molecular complexity index is 1210. The summed E-state index contributed by atoms with van der Waals surface area (Å²) in [5.41, 5.74) is 2.00. The zero-order valence-corrected chi connectivity index (χ0v) is 18.7. The van der Waals surface area contributed by atoms with Crippen LogP contribution in [0.1, 0.15) is 10.4 Å². The number of carbonyl (C=O) groups is 1. The van der Waals surface area contributed by atoms with Crippen LogP contribution in [0.3, 0.4) is 0 Å². The van der Waals surface area contributed by atoms with Gasteiger partial charge in [-0.25, -0.2) is 0 Å². The van der Waals surface area contributed by atoms with Crippen molar-refractivity contribution in [2.45, 2.75) is 18.2 Å². The van der Waals surface area contributed by atoms with Crippen molar-refractivity contribution in [3.8, 4) is 22.9 Å². The van der Waals surface area contributed by atoms with Crippen molar-refractivity contribution in [2.75, 3.05) is 12.5 Å². The predicted octanol–water partition coefficient (Wildman–Crippen LogP) is 4.19. The number of rotatable bonds is 8. The summed E-state index contributed by atoms with van der Waals surface area (Å²) >= 11 is 3.00. The number of thiophene rings is 1. The highest BCUT2D eigenvalue weighted by Crippen LogP contribution is 2.33. The van der Waals surface area contributed by atoms with Gasteiger partial charge in [0, 0.05) is 10.4 Å². The minimum Gasteiger partial charge on any atom is -0.454 e. The average molecular weight is 465 g/mol. The third-order valence-corrected chi connectivity index (χ3v) is 6.74. The van der Waals surface area contributed by atoms with E-state index in [1.54, 1.807) is 11.3 Å². The van der Waals surface area contributed by atoms with E-state index in [0.29, 0.717) is 18.2 Å². The van der Waals surface area contributed by atoms with Crippen LogP contribution in [-0.2, 0) is 17.9 Å². The molecule has 0 saturated heterocycles. The molecule has 32 heavy (non-hydrogen) atoms. The van der Waals surface area contributed by atoms with Gasteiger partial charge in [-0.05, 0) is 29.1 Å². The number of ether oxygens (including phenoxy) is 2. The topological polar surface area (TPSA) is 78.3 Å². The molecule has 0 bridgehead atoms. The molecule has 0 atom stereocenters. The van der Waals surface area contributed by atoms with Crippen molar-refractivity contribution in [1.29, 1.82) is 0 Å². The molecule has 5 rings (SSSR count).